The van der Waals surface area contributed by atoms with Crippen LogP contribution in [0.5, 0.6) is 0 Å². The molecule has 1 aromatic rings. The molecule has 6 nitrogen and oxygen atoms in total. The number of benzene rings is 1. The Morgan fingerprint density at radius 2 is 1.88 bits per heavy atom. The van der Waals surface area contributed by atoms with E-state index in [-0.39, 0.29) is 29.3 Å². The molecule has 8 heteroatoms. The first-order chi connectivity index (χ1) is 11.0. The summed E-state index contributed by atoms with van der Waals surface area (Å²) in [6.07, 6.45) is 1.89. The SMILES string of the molecule is CCN(CC)S(=O)(=O)c1ccc(CNC(=O)C2CCCN2)cc1.Cl. The third-order valence-electron chi connectivity index (χ3n) is 4.11. The number of halogens is 1. The van der Waals surface area contributed by atoms with Gasteiger partial charge in [0.1, 0.15) is 0 Å². The lowest BCUT2D eigenvalue weighted by molar-refractivity contribution is -0.122. The minimum absolute atomic E-state index is 0. The highest BCUT2D eigenvalue weighted by Gasteiger charge is 2.22. The van der Waals surface area contributed by atoms with Crippen LogP contribution in [0, 0.1) is 0 Å². The van der Waals surface area contributed by atoms with Crippen LogP contribution in [0.1, 0.15) is 32.3 Å². The van der Waals surface area contributed by atoms with E-state index in [0.717, 1.165) is 24.9 Å². The number of carbonyl (C=O) groups is 1. The molecule has 1 saturated heterocycles. The molecule has 1 heterocycles. The van der Waals surface area contributed by atoms with Gasteiger partial charge in [0.05, 0.1) is 10.9 Å². The summed E-state index contributed by atoms with van der Waals surface area (Å²) in [5, 5.41) is 6.03. The number of hydrogen-bond acceptors (Lipinski definition) is 4. The van der Waals surface area contributed by atoms with Gasteiger partial charge in [-0.15, -0.1) is 12.4 Å². The van der Waals surface area contributed by atoms with Crippen LogP contribution in [0.2, 0.25) is 0 Å². The van der Waals surface area contributed by atoms with E-state index in [4.69, 9.17) is 0 Å². The topological polar surface area (TPSA) is 78.5 Å². The van der Waals surface area contributed by atoms with Crippen LogP contribution in [0.15, 0.2) is 29.2 Å². The number of sulfonamides is 1. The Hall–Kier alpha value is -1.15. The maximum Gasteiger partial charge on any atom is 0.243 e. The van der Waals surface area contributed by atoms with E-state index in [0.29, 0.717) is 19.6 Å². The highest BCUT2D eigenvalue weighted by molar-refractivity contribution is 7.89. The van der Waals surface area contributed by atoms with Crippen molar-refractivity contribution in [2.24, 2.45) is 0 Å². The van der Waals surface area contributed by atoms with Gasteiger partial charge >= 0.3 is 0 Å². The molecule has 136 valence electrons. The molecule has 0 spiro atoms. The molecule has 1 fully saturated rings. The highest BCUT2D eigenvalue weighted by Crippen LogP contribution is 2.16. The largest absolute Gasteiger partial charge is 0.351 e. The summed E-state index contributed by atoms with van der Waals surface area (Å²) in [6.45, 7) is 5.83. The summed E-state index contributed by atoms with van der Waals surface area (Å²) >= 11 is 0. The monoisotopic (exact) mass is 375 g/mol. The zero-order valence-corrected chi connectivity index (χ0v) is 15.8. The van der Waals surface area contributed by atoms with Crippen LogP contribution in [0.25, 0.3) is 0 Å². The quantitative estimate of drug-likeness (QED) is 0.757. The fraction of sp³-hybridized carbons (Fsp3) is 0.562. The second kappa shape index (κ2) is 9.36. The van der Waals surface area contributed by atoms with Crippen molar-refractivity contribution < 1.29 is 13.2 Å². The smallest absolute Gasteiger partial charge is 0.243 e. The van der Waals surface area contributed by atoms with Gasteiger partial charge in [-0.05, 0) is 37.1 Å². The molecule has 1 aromatic carbocycles. The van der Waals surface area contributed by atoms with Gasteiger partial charge < -0.3 is 10.6 Å². The molecule has 1 unspecified atom stereocenters. The summed E-state index contributed by atoms with van der Waals surface area (Å²) < 4.78 is 26.2. The van der Waals surface area contributed by atoms with Crippen molar-refractivity contribution in [3.8, 4) is 0 Å². The average molecular weight is 376 g/mol. The lowest BCUT2D eigenvalue weighted by atomic mass is 10.2. The van der Waals surface area contributed by atoms with Gasteiger partial charge in [0.15, 0.2) is 0 Å². The standard InChI is InChI=1S/C16H25N3O3S.ClH/c1-3-19(4-2)23(21,22)14-9-7-13(8-10-14)12-18-16(20)15-6-5-11-17-15;/h7-10,15,17H,3-6,11-12H2,1-2H3,(H,18,20);1H. The van der Waals surface area contributed by atoms with E-state index in [1.54, 1.807) is 24.3 Å². The fourth-order valence-corrected chi connectivity index (χ4v) is 4.17. The predicted molar refractivity (Wildman–Crippen MR) is 96.7 cm³/mol. The summed E-state index contributed by atoms with van der Waals surface area (Å²) in [5.74, 6) is 0.00217. The lowest BCUT2D eigenvalue weighted by Crippen LogP contribution is -2.40. The molecule has 1 atom stereocenters. The maximum atomic E-state index is 12.4. The second-order valence-electron chi connectivity index (χ2n) is 5.60. The summed E-state index contributed by atoms with van der Waals surface area (Å²) in [6, 6.07) is 6.60. The Bertz CT molecular complexity index is 624. The Morgan fingerprint density at radius 3 is 2.38 bits per heavy atom. The Kier molecular flexibility index (Phi) is 8.15. The van der Waals surface area contributed by atoms with Crippen molar-refractivity contribution >= 4 is 28.3 Å². The fourth-order valence-electron chi connectivity index (χ4n) is 2.71. The van der Waals surface area contributed by atoms with Gasteiger partial charge in [-0.1, -0.05) is 26.0 Å². The number of hydrogen-bond donors (Lipinski definition) is 2. The molecular weight excluding hydrogens is 350 g/mol. The Balaban J connectivity index is 0.00000288. The van der Waals surface area contributed by atoms with E-state index in [1.165, 1.54) is 4.31 Å². The molecule has 24 heavy (non-hydrogen) atoms. The molecular formula is C16H26ClN3O3S. The van der Waals surface area contributed by atoms with Crippen LogP contribution in [-0.2, 0) is 21.4 Å². The number of nitrogens with one attached hydrogen (secondary N) is 2. The van der Waals surface area contributed by atoms with Crippen LogP contribution in [0.4, 0.5) is 0 Å². The zero-order valence-electron chi connectivity index (χ0n) is 14.1. The van der Waals surface area contributed by atoms with Gasteiger partial charge in [-0.3, -0.25) is 4.79 Å². The van der Waals surface area contributed by atoms with Crippen molar-refractivity contribution in [3.63, 3.8) is 0 Å². The van der Waals surface area contributed by atoms with Crippen LogP contribution in [-0.4, -0.2) is 44.3 Å². The maximum absolute atomic E-state index is 12.4. The van der Waals surface area contributed by atoms with Crippen molar-refractivity contribution in [2.75, 3.05) is 19.6 Å². The average Bonchev–Trinajstić information content (AvgIpc) is 3.08. The van der Waals surface area contributed by atoms with Crippen molar-refractivity contribution in [1.29, 1.82) is 0 Å². The number of nitrogens with zero attached hydrogens (tertiary/aromatic N) is 1. The highest BCUT2D eigenvalue weighted by atomic mass is 35.5. The van der Waals surface area contributed by atoms with Gasteiger partial charge in [-0.2, -0.15) is 4.31 Å². The molecule has 0 bridgehead atoms. The minimum Gasteiger partial charge on any atom is -0.351 e. The summed E-state index contributed by atoms with van der Waals surface area (Å²) in [5.41, 5.74) is 0.884. The van der Waals surface area contributed by atoms with Crippen LogP contribution in [0.3, 0.4) is 0 Å². The van der Waals surface area contributed by atoms with E-state index in [2.05, 4.69) is 10.6 Å². The zero-order chi connectivity index (χ0) is 16.9. The summed E-state index contributed by atoms with van der Waals surface area (Å²) in [4.78, 5) is 12.2. The third kappa shape index (κ3) is 4.92. The molecule has 2 N–H and O–H groups in total. The normalized spacial score (nSPS) is 17.5. The second-order valence-corrected chi connectivity index (χ2v) is 7.54. The van der Waals surface area contributed by atoms with Gasteiger partial charge in [0.2, 0.25) is 15.9 Å². The molecule has 0 saturated carbocycles. The van der Waals surface area contributed by atoms with Gasteiger partial charge in [-0.25, -0.2) is 8.42 Å². The number of amides is 1. The predicted octanol–water partition coefficient (Wildman–Crippen LogP) is 1.51. The first-order valence-corrected chi connectivity index (χ1v) is 9.53. The Labute approximate surface area is 150 Å². The van der Waals surface area contributed by atoms with Crippen molar-refractivity contribution in [1.82, 2.24) is 14.9 Å². The van der Waals surface area contributed by atoms with Gasteiger partial charge in [0, 0.05) is 19.6 Å². The molecule has 0 radical (unpaired) electrons. The van der Waals surface area contributed by atoms with Crippen LogP contribution >= 0.6 is 12.4 Å². The third-order valence-corrected chi connectivity index (χ3v) is 6.17. The molecule has 1 aliphatic heterocycles. The van der Waals surface area contributed by atoms with E-state index >= 15 is 0 Å². The van der Waals surface area contributed by atoms with E-state index in [1.807, 2.05) is 13.8 Å². The summed E-state index contributed by atoms with van der Waals surface area (Å²) in [7, 11) is -3.43. The minimum atomic E-state index is -3.43. The van der Waals surface area contributed by atoms with Gasteiger partial charge in [0.25, 0.3) is 0 Å². The lowest BCUT2D eigenvalue weighted by Gasteiger charge is -2.18. The number of carbonyl (C=O) groups excluding carboxylic acids is 1. The molecule has 0 aliphatic carbocycles. The van der Waals surface area contributed by atoms with E-state index < -0.39 is 10.0 Å². The Morgan fingerprint density at radius 1 is 1.25 bits per heavy atom. The first-order valence-electron chi connectivity index (χ1n) is 8.09. The van der Waals surface area contributed by atoms with Crippen LogP contribution < -0.4 is 10.6 Å². The first kappa shape index (κ1) is 20.9. The molecule has 1 amide bonds. The molecule has 2 rings (SSSR count). The molecule has 1 aliphatic rings. The number of rotatable bonds is 7. The molecule has 0 aromatic heterocycles. The van der Waals surface area contributed by atoms with Crippen molar-refractivity contribution in [3.05, 3.63) is 29.8 Å². The van der Waals surface area contributed by atoms with E-state index in [9.17, 15) is 13.2 Å². The van der Waals surface area contributed by atoms with Crippen molar-refractivity contribution in [2.45, 2.75) is 44.2 Å².